The smallest absolute Gasteiger partial charge is 0.342 e. The number of alkyl halides is 8. The van der Waals surface area contributed by atoms with Crippen molar-refractivity contribution in [1.29, 1.82) is 0 Å². The van der Waals surface area contributed by atoms with Crippen molar-refractivity contribution in [3.8, 4) is 0 Å². The zero-order valence-electron chi connectivity index (χ0n) is 20.6. The predicted molar refractivity (Wildman–Crippen MR) is 118 cm³/mol. The zero-order valence-corrected chi connectivity index (χ0v) is 20.6. The van der Waals surface area contributed by atoms with Crippen LogP contribution in [0.5, 0.6) is 0 Å². The van der Waals surface area contributed by atoms with Crippen LogP contribution in [0.25, 0.3) is 5.65 Å². The molecular formula is C22H20F8N8O3. The number of hydrogen-bond donors (Lipinski definition) is 2. The third-order valence-electron chi connectivity index (χ3n) is 6.96. The van der Waals surface area contributed by atoms with E-state index in [9.17, 15) is 44.7 Å². The summed E-state index contributed by atoms with van der Waals surface area (Å²) in [6, 6.07) is -2.68. The van der Waals surface area contributed by atoms with Crippen LogP contribution < -0.4 is 10.6 Å². The van der Waals surface area contributed by atoms with Crippen LogP contribution in [0.2, 0.25) is 0 Å². The number of aromatic nitrogens is 5. The van der Waals surface area contributed by atoms with Crippen molar-refractivity contribution in [2.24, 2.45) is 5.92 Å². The van der Waals surface area contributed by atoms with Gasteiger partial charge in [-0.25, -0.2) is 27.7 Å². The van der Waals surface area contributed by atoms with Crippen molar-refractivity contribution in [1.82, 2.24) is 40.4 Å². The fourth-order valence-electron chi connectivity index (χ4n) is 4.86. The summed E-state index contributed by atoms with van der Waals surface area (Å²) in [5.74, 6) is -4.90. The highest BCUT2D eigenvalue weighted by atomic mass is 19.4. The van der Waals surface area contributed by atoms with E-state index in [2.05, 4.69) is 30.3 Å². The van der Waals surface area contributed by atoms with Gasteiger partial charge in [0, 0.05) is 19.4 Å². The topological polar surface area (TPSA) is 131 Å². The minimum Gasteiger partial charge on any atom is -0.342 e. The first kappa shape index (κ1) is 28.5. The van der Waals surface area contributed by atoms with E-state index in [1.807, 2.05) is 5.32 Å². The van der Waals surface area contributed by atoms with Gasteiger partial charge in [-0.1, -0.05) is 0 Å². The van der Waals surface area contributed by atoms with Gasteiger partial charge in [-0.3, -0.25) is 4.79 Å². The lowest BCUT2D eigenvalue weighted by molar-refractivity contribution is -0.150. The molecule has 41 heavy (non-hydrogen) atoms. The van der Waals surface area contributed by atoms with Gasteiger partial charge < -0.3 is 15.5 Å². The number of carbonyl (C=O) groups is 2. The van der Waals surface area contributed by atoms with Gasteiger partial charge in [-0.05, 0) is 40.7 Å². The van der Waals surface area contributed by atoms with Crippen LogP contribution in [0.15, 0.2) is 23.1 Å². The summed E-state index contributed by atoms with van der Waals surface area (Å²) < 4.78 is 112. The highest BCUT2D eigenvalue weighted by Crippen LogP contribution is 2.41. The maximum absolute atomic E-state index is 13.8. The molecule has 4 heterocycles. The Kier molecular flexibility index (Phi) is 7.01. The second kappa shape index (κ2) is 10.1. The lowest BCUT2D eigenvalue weighted by Crippen LogP contribution is -2.40. The molecule has 222 valence electrons. The van der Waals surface area contributed by atoms with E-state index in [0.29, 0.717) is 5.56 Å². The van der Waals surface area contributed by atoms with Crippen LogP contribution in [0.1, 0.15) is 59.2 Å². The molecule has 11 nitrogen and oxygen atoms in total. The maximum atomic E-state index is 13.8. The number of halogens is 8. The first-order chi connectivity index (χ1) is 19.1. The lowest BCUT2D eigenvalue weighted by Gasteiger charge is -2.33. The van der Waals surface area contributed by atoms with Gasteiger partial charge in [-0.15, -0.1) is 0 Å². The van der Waals surface area contributed by atoms with E-state index in [-0.39, 0.29) is 30.7 Å². The summed E-state index contributed by atoms with van der Waals surface area (Å²) in [4.78, 5) is 30.1. The van der Waals surface area contributed by atoms with Crippen LogP contribution in [0.3, 0.4) is 0 Å². The molecule has 1 unspecified atom stereocenters. The van der Waals surface area contributed by atoms with Gasteiger partial charge in [0.1, 0.15) is 6.04 Å². The van der Waals surface area contributed by atoms with Crippen LogP contribution in [-0.4, -0.2) is 66.4 Å². The van der Waals surface area contributed by atoms with Crippen LogP contribution in [0.4, 0.5) is 39.9 Å². The highest BCUT2D eigenvalue weighted by Gasteiger charge is 2.47. The SMILES string of the molecule is O=C(NC(c1cn2ncc(CN3C[C@@H](C(F)(F)F)NC3=O)cc2n1)C1CCC(F)(F)CC1)c1nonc1C(F)(F)F. The Morgan fingerprint density at radius 2 is 1.88 bits per heavy atom. The zero-order chi connectivity index (χ0) is 29.7. The number of amides is 3. The molecule has 3 amide bonds. The van der Waals surface area contributed by atoms with E-state index >= 15 is 0 Å². The Labute approximate surface area is 224 Å². The van der Waals surface area contributed by atoms with Crippen molar-refractivity contribution in [2.75, 3.05) is 6.54 Å². The fourth-order valence-corrected chi connectivity index (χ4v) is 4.86. The number of fused-ring (bicyclic) bond motifs is 1. The average Bonchev–Trinajstić information content (AvgIpc) is 3.60. The molecule has 5 rings (SSSR count). The van der Waals surface area contributed by atoms with Crippen molar-refractivity contribution in [3.05, 3.63) is 41.1 Å². The minimum absolute atomic E-state index is 0.0827. The molecule has 2 aliphatic rings. The molecular weight excluding hydrogens is 576 g/mol. The third-order valence-corrected chi connectivity index (χ3v) is 6.96. The van der Waals surface area contributed by atoms with E-state index < -0.39 is 79.0 Å². The molecule has 0 spiro atoms. The quantitative estimate of drug-likeness (QED) is 0.413. The van der Waals surface area contributed by atoms with E-state index in [1.165, 1.54) is 23.0 Å². The lowest BCUT2D eigenvalue weighted by atomic mass is 9.81. The van der Waals surface area contributed by atoms with Crippen molar-refractivity contribution < 1.29 is 49.3 Å². The number of nitrogens with zero attached hydrogens (tertiary/aromatic N) is 6. The number of nitrogens with one attached hydrogen (secondary N) is 2. The van der Waals surface area contributed by atoms with Gasteiger partial charge in [0.2, 0.25) is 17.3 Å². The maximum Gasteiger partial charge on any atom is 0.439 e. The molecule has 0 radical (unpaired) electrons. The highest BCUT2D eigenvalue weighted by molar-refractivity contribution is 5.93. The summed E-state index contributed by atoms with van der Waals surface area (Å²) >= 11 is 0. The molecule has 19 heteroatoms. The molecule has 1 aliphatic carbocycles. The summed E-state index contributed by atoms with van der Waals surface area (Å²) in [6.45, 7) is -0.855. The minimum atomic E-state index is -5.05. The number of rotatable bonds is 6. The van der Waals surface area contributed by atoms with Crippen LogP contribution >= 0.6 is 0 Å². The monoisotopic (exact) mass is 596 g/mol. The van der Waals surface area contributed by atoms with Gasteiger partial charge >= 0.3 is 18.4 Å². The van der Waals surface area contributed by atoms with Gasteiger partial charge in [0.15, 0.2) is 5.65 Å². The molecule has 1 saturated heterocycles. The largest absolute Gasteiger partial charge is 0.439 e. The van der Waals surface area contributed by atoms with E-state index in [1.54, 1.807) is 0 Å². The summed E-state index contributed by atoms with van der Waals surface area (Å²) in [5.41, 5.74) is -2.28. The third kappa shape index (κ3) is 6.02. The van der Waals surface area contributed by atoms with Crippen LogP contribution in [0, 0.1) is 5.92 Å². The first-order valence-electron chi connectivity index (χ1n) is 12.2. The van der Waals surface area contributed by atoms with Crippen molar-refractivity contribution in [2.45, 2.75) is 62.6 Å². The first-order valence-corrected chi connectivity index (χ1v) is 12.2. The molecule has 2 N–H and O–H groups in total. The summed E-state index contributed by atoms with van der Waals surface area (Å²) in [7, 11) is 0. The second-order valence-electron chi connectivity index (χ2n) is 9.86. The Bertz CT molecular complexity index is 1440. The van der Waals surface area contributed by atoms with Crippen molar-refractivity contribution >= 4 is 17.6 Å². The Hall–Kier alpha value is -4.06. The predicted octanol–water partition coefficient (Wildman–Crippen LogP) is 3.88. The van der Waals surface area contributed by atoms with E-state index in [4.69, 9.17) is 0 Å². The Morgan fingerprint density at radius 3 is 2.51 bits per heavy atom. The van der Waals surface area contributed by atoms with Crippen LogP contribution in [-0.2, 0) is 12.7 Å². The molecule has 1 aliphatic heterocycles. The normalized spacial score (nSPS) is 20.8. The standard InChI is InChI=1S/C22H20F8N8O3/c23-20(24)3-1-11(2-4-20)15(34-18(39)16-17(22(28,29)30)36-41-35-16)12-8-38-14(32-12)5-10(6-31-38)7-37-9-13(21(25,26)27)33-19(37)40/h5-6,8,11,13,15H,1-4,7,9H2,(H,33,40)(H,34,39)/t13-,15?/m0/s1. The summed E-state index contributed by atoms with van der Waals surface area (Å²) in [5, 5.41) is 14.1. The number of imidazole rings is 1. The van der Waals surface area contributed by atoms with E-state index in [0.717, 1.165) is 4.90 Å². The van der Waals surface area contributed by atoms with Gasteiger partial charge in [-0.2, -0.15) is 31.4 Å². The molecule has 1 saturated carbocycles. The molecule has 0 aromatic carbocycles. The molecule has 3 aromatic rings. The molecule has 3 aromatic heterocycles. The Morgan fingerprint density at radius 1 is 1.17 bits per heavy atom. The van der Waals surface area contributed by atoms with Gasteiger partial charge in [0.05, 0.1) is 30.7 Å². The van der Waals surface area contributed by atoms with Crippen molar-refractivity contribution in [3.63, 3.8) is 0 Å². The fraction of sp³-hybridized carbons (Fsp3) is 0.545. The molecule has 0 bridgehead atoms. The summed E-state index contributed by atoms with van der Waals surface area (Å²) in [6.07, 6.45) is -8.27. The molecule has 2 fully saturated rings. The Balaban J connectivity index is 1.40. The number of carbonyl (C=O) groups excluding carboxylic acids is 2. The molecule has 2 atom stereocenters. The number of hydrogen-bond acceptors (Lipinski definition) is 7. The van der Waals surface area contributed by atoms with Gasteiger partial charge in [0.25, 0.3) is 5.91 Å². The average molecular weight is 596 g/mol. The second-order valence-corrected chi connectivity index (χ2v) is 9.86. The number of urea groups is 1.